The number of para-hydroxylation sites is 1. The summed E-state index contributed by atoms with van der Waals surface area (Å²) in [7, 11) is 0. The Morgan fingerprint density at radius 1 is 1.21 bits per heavy atom. The van der Waals surface area contributed by atoms with Crippen molar-refractivity contribution in [2.24, 2.45) is 0 Å². The molecule has 0 unspecified atom stereocenters. The molecule has 0 radical (unpaired) electrons. The van der Waals surface area contributed by atoms with Crippen LogP contribution in [-0.4, -0.2) is 5.60 Å². The van der Waals surface area contributed by atoms with Gasteiger partial charge in [0.05, 0.1) is 5.56 Å². The Morgan fingerprint density at radius 3 is 2.62 bits per heavy atom. The van der Waals surface area contributed by atoms with E-state index in [9.17, 15) is 13.2 Å². The van der Waals surface area contributed by atoms with Gasteiger partial charge in [-0.05, 0) is 43.7 Å². The third kappa shape index (κ3) is 3.46. The number of ether oxygens (including phenoxy) is 2. The Hall–Kier alpha value is -1.88. The van der Waals surface area contributed by atoms with Crippen molar-refractivity contribution >= 4 is 11.6 Å². The number of alkyl halides is 3. The zero-order valence-corrected chi connectivity index (χ0v) is 14.0. The third-order valence-corrected chi connectivity index (χ3v) is 4.00. The molecule has 6 heteroatoms. The molecule has 0 amide bonds. The first-order valence-corrected chi connectivity index (χ1v) is 7.83. The van der Waals surface area contributed by atoms with Gasteiger partial charge in [0.1, 0.15) is 23.7 Å². The molecule has 0 saturated heterocycles. The van der Waals surface area contributed by atoms with Crippen molar-refractivity contribution in [2.45, 2.75) is 38.7 Å². The molecule has 0 fully saturated rings. The zero-order valence-electron chi connectivity index (χ0n) is 13.2. The number of benzene rings is 2. The molecule has 1 aliphatic heterocycles. The highest BCUT2D eigenvalue weighted by atomic mass is 35.5. The van der Waals surface area contributed by atoms with Crippen LogP contribution in [0.1, 0.15) is 30.5 Å². The van der Waals surface area contributed by atoms with Crippen LogP contribution in [0, 0.1) is 0 Å². The van der Waals surface area contributed by atoms with E-state index in [1.807, 2.05) is 19.9 Å². The highest BCUT2D eigenvalue weighted by molar-refractivity contribution is 6.30. The van der Waals surface area contributed by atoms with Crippen molar-refractivity contribution in [3.8, 4) is 11.5 Å². The normalized spacial score (nSPS) is 15.8. The minimum atomic E-state index is -4.47. The average molecular weight is 357 g/mol. The van der Waals surface area contributed by atoms with Crippen molar-refractivity contribution in [3.63, 3.8) is 0 Å². The highest BCUT2D eigenvalue weighted by Crippen LogP contribution is 2.41. The molecule has 1 heterocycles. The standard InChI is InChI=1S/C18H16ClF3O2/c1-17(2)9-11-7-13(19)8-12(16(11)24-17)10-23-15-6-4-3-5-14(15)18(20,21)22/h3-8H,9-10H2,1-2H3. The molecule has 1 aliphatic rings. The van der Waals surface area contributed by atoms with Crippen molar-refractivity contribution in [3.05, 3.63) is 58.1 Å². The maximum atomic E-state index is 13.0. The number of hydrogen-bond donors (Lipinski definition) is 0. The minimum Gasteiger partial charge on any atom is -0.488 e. The van der Waals surface area contributed by atoms with Gasteiger partial charge in [0.25, 0.3) is 0 Å². The van der Waals surface area contributed by atoms with E-state index in [0.29, 0.717) is 22.8 Å². The summed E-state index contributed by atoms with van der Waals surface area (Å²) in [5, 5.41) is 0.512. The van der Waals surface area contributed by atoms with E-state index in [-0.39, 0.29) is 18.0 Å². The lowest BCUT2D eigenvalue weighted by atomic mass is 10.0. The van der Waals surface area contributed by atoms with E-state index >= 15 is 0 Å². The summed E-state index contributed by atoms with van der Waals surface area (Å²) in [6, 6.07) is 8.62. The number of rotatable bonds is 3. The van der Waals surface area contributed by atoms with Crippen LogP contribution in [0.15, 0.2) is 36.4 Å². The average Bonchev–Trinajstić information content (AvgIpc) is 2.78. The first kappa shape index (κ1) is 17.0. The molecule has 0 spiro atoms. The lowest BCUT2D eigenvalue weighted by Gasteiger charge is -2.19. The van der Waals surface area contributed by atoms with Gasteiger partial charge < -0.3 is 9.47 Å². The Balaban J connectivity index is 1.88. The van der Waals surface area contributed by atoms with E-state index in [2.05, 4.69) is 0 Å². The van der Waals surface area contributed by atoms with Crippen LogP contribution in [0.3, 0.4) is 0 Å². The van der Waals surface area contributed by atoms with Crippen molar-refractivity contribution in [1.29, 1.82) is 0 Å². The Morgan fingerprint density at radius 2 is 1.92 bits per heavy atom. The molecule has 0 aliphatic carbocycles. The maximum absolute atomic E-state index is 13.0. The first-order valence-electron chi connectivity index (χ1n) is 7.45. The number of halogens is 4. The van der Waals surface area contributed by atoms with Gasteiger partial charge in [0.15, 0.2) is 0 Å². The second-order valence-electron chi connectivity index (χ2n) is 6.37. The topological polar surface area (TPSA) is 18.5 Å². The van der Waals surface area contributed by atoms with Crippen LogP contribution in [0.4, 0.5) is 13.2 Å². The summed E-state index contributed by atoms with van der Waals surface area (Å²) < 4.78 is 50.4. The summed E-state index contributed by atoms with van der Waals surface area (Å²) in [5.74, 6) is 0.435. The summed E-state index contributed by atoms with van der Waals surface area (Å²) in [4.78, 5) is 0. The van der Waals surface area contributed by atoms with E-state index in [4.69, 9.17) is 21.1 Å². The molecule has 2 aromatic rings. The molecule has 0 bridgehead atoms. The van der Waals surface area contributed by atoms with Crippen LogP contribution >= 0.6 is 11.6 Å². The smallest absolute Gasteiger partial charge is 0.419 e. The first-order chi connectivity index (χ1) is 11.2. The monoisotopic (exact) mass is 356 g/mol. The fourth-order valence-electron chi connectivity index (χ4n) is 2.83. The zero-order chi connectivity index (χ0) is 17.5. The SMILES string of the molecule is CC1(C)Cc2cc(Cl)cc(COc3ccccc3C(F)(F)F)c2O1. The van der Waals surface area contributed by atoms with Gasteiger partial charge in [-0.2, -0.15) is 13.2 Å². The van der Waals surface area contributed by atoms with Crippen molar-refractivity contribution in [2.75, 3.05) is 0 Å². The highest BCUT2D eigenvalue weighted by Gasteiger charge is 2.35. The van der Waals surface area contributed by atoms with Gasteiger partial charge in [0, 0.05) is 17.0 Å². The van der Waals surface area contributed by atoms with Gasteiger partial charge in [-0.1, -0.05) is 23.7 Å². The molecule has 24 heavy (non-hydrogen) atoms. The van der Waals surface area contributed by atoms with Crippen LogP contribution in [0.5, 0.6) is 11.5 Å². The molecule has 0 aromatic heterocycles. The van der Waals surface area contributed by atoms with Crippen LogP contribution < -0.4 is 9.47 Å². The van der Waals surface area contributed by atoms with Gasteiger partial charge in [-0.3, -0.25) is 0 Å². The summed E-state index contributed by atoms with van der Waals surface area (Å²) >= 11 is 6.12. The second kappa shape index (κ2) is 5.88. The van der Waals surface area contributed by atoms with Crippen molar-refractivity contribution in [1.82, 2.24) is 0 Å². The fraction of sp³-hybridized carbons (Fsp3) is 0.333. The molecule has 0 atom stereocenters. The van der Waals surface area contributed by atoms with Gasteiger partial charge in [0.2, 0.25) is 0 Å². The largest absolute Gasteiger partial charge is 0.488 e. The van der Waals surface area contributed by atoms with Crippen LogP contribution in [0.2, 0.25) is 5.02 Å². The lowest BCUT2D eigenvalue weighted by molar-refractivity contribution is -0.139. The Labute approximate surface area is 143 Å². The molecule has 2 aromatic carbocycles. The predicted molar refractivity (Wildman–Crippen MR) is 85.6 cm³/mol. The molecule has 0 saturated carbocycles. The van der Waals surface area contributed by atoms with Crippen molar-refractivity contribution < 1.29 is 22.6 Å². The fourth-order valence-corrected chi connectivity index (χ4v) is 3.10. The van der Waals surface area contributed by atoms with E-state index < -0.39 is 11.7 Å². The maximum Gasteiger partial charge on any atom is 0.419 e. The molecule has 0 N–H and O–H groups in total. The third-order valence-electron chi connectivity index (χ3n) is 3.78. The van der Waals surface area contributed by atoms with E-state index in [1.165, 1.54) is 18.2 Å². The Bertz CT molecular complexity index is 769. The molecule has 128 valence electrons. The number of hydrogen-bond acceptors (Lipinski definition) is 2. The molecule has 2 nitrogen and oxygen atoms in total. The van der Waals surface area contributed by atoms with E-state index in [1.54, 1.807) is 6.07 Å². The van der Waals surface area contributed by atoms with Gasteiger partial charge in [-0.25, -0.2) is 0 Å². The number of fused-ring (bicyclic) bond motifs is 1. The van der Waals surface area contributed by atoms with Gasteiger partial charge in [-0.15, -0.1) is 0 Å². The molecule has 3 rings (SSSR count). The lowest BCUT2D eigenvalue weighted by Crippen LogP contribution is -2.25. The predicted octanol–water partition coefficient (Wildman–Crippen LogP) is 5.65. The summed E-state index contributed by atoms with van der Waals surface area (Å²) in [6.07, 6.45) is -3.78. The summed E-state index contributed by atoms with van der Waals surface area (Å²) in [5.41, 5.74) is 0.409. The minimum absolute atomic E-state index is 0.0495. The second-order valence-corrected chi connectivity index (χ2v) is 6.81. The Kier molecular flexibility index (Phi) is 4.16. The molecular weight excluding hydrogens is 341 g/mol. The van der Waals surface area contributed by atoms with Crippen LogP contribution in [-0.2, 0) is 19.2 Å². The summed E-state index contributed by atoms with van der Waals surface area (Å²) in [6.45, 7) is 3.85. The van der Waals surface area contributed by atoms with Gasteiger partial charge >= 0.3 is 6.18 Å². The van der Waals surface area contributed by atoms with Crippen LogP contribution in [0.25, 0.3) is 0 Å². The molecular formula is C18H16ClF3O2. The quantitative estimate of drug-likeness (QED) is 0.707. The van der Waals surface area contributed by atoms with E-state index in [0.717, 1.165) is 11.6 Å².